The first-order valence-corrected chi connectivity index (χ1v) is 15.0. The van der Waals surface area contributed by atoms with Gasteiger partial charge in [0.15, 0.2) is 5.13 Å². The van der Waals surface area contributed by atoms with Gasteiger partial charge in [-0.05, 0) is 30.3 Å². The molecule has 7 nitrogen and oxygen atoms in total. The third-order valence-electron chi connectivity index (χ3n) is 5.64. The molecular formula is C25H19Cl2N3O4S3. The molecule has 1 aromatic heterocycles. The molecule has 1 fully saturated rings. The number of ether oxygens (including phenoxy) is 1. The maximum absolute atomic E-state index is 12.8. The van der Waals surface area contributed by atoms with Crippen LogP contribution in [0.2, 0.25) is 10.0 Å². The first-order valence-electron chi connectivity index (χ1n) is 10.9. The average Bonchev–Trinajstić information content (AvgIpc) is 3.50. The van der Waals surface area contributed by atoms with E-state index in [1.165, 1.54) is 48.4 Å². The minimum atomic E-state index is -3.89. The van der Waals surface area contributed by atoms with Crippen molar-refractivity contribution >= 4 is 73.0 Å². The molecule has 1 N–H and O–H groups in total. The van der Waals surface area contributed by atoms with E-state index in [0.717, 1.165) is 16.8 Å². The molecule has 1 amide bonds. The lowest BCUT2D eigenvalue weighted by Gasteiger charge is -2.25. The van der Waals surface area contributed by atoms with Gasteiger partial charge in [-0.3, -0.25) is 14.4 Å². The normalized spacial score (nSPS) is 15.7. The number of thiazole rings is 1. The molecule has 190 valence electrons. The van der Waals surface area contributed by atoms with Crippen molar-refractivity contribution in [2.45, 2.75) is 10.3 Å². The molecule has 0 aliphatic carbocycles. The minimum absolute atomic E-state index is 0.00634. The molecule has 2 heterocycles. The third kappa shape index (κ3) is 5.30. The van der Waals surface area contributed by atoms with Crippen molar-refractivity contribution in [2.24, 2.45) is 0 Å². The number of sulfonamides is 1. The van der Waals surface area contributed by atoms with E-state index in [1.807, 2.05) is 48.5 Å². The van der Waals surface area contributed by atoms with Crippen molar-refractivity contribution in [3.8, 4) is 17.0 Å². The number of hydrogen-bond donors (Lipinski definition) is 1. The molecule has 1 aliphatic rings. The molecule has 1 saturated heterocycles. The highest BCUT2D eigenvalue weighted by Crippen LogP contribution is 2.44. The SMILES string of the molecule is COc1cc(S(=O)(=O)Nc2nc(-c3ccc(N4C(=O)CSC4c4ccccc4Cl)cc3)cs2)ccc1Cl. The number of methoxy groups -OCH3 is 1. The van der Waals surface area contributed by atoms with Crippen LogP contribution in [0, 0.1) is 0 Å². The molecule has 1 atom stereocenters. The summed E-state index contributed by atoms with van der Waals surface area (Å²) in [6, 6.07) is 19.1. The fraction of sp³-hybridized carbons (Fsp3) is 0.120. The van der Waals surface area contributed by atoms with E-state index in [9.17, 15) is 13.2 Å². The zero-order valence-electron chi connectivity index (χ0n) is 19.2. The van der Waals surface area contributed by atoms with Crippen LogP contribution in [0.1, 0.15) is 10.9 Å². The summed E-state index contributed by atoms with van der Waals surface area (Å²) in [4.78, 5) is 18.9. The van der Waals surface area contributed by atoms with Gasteiger partial charge in [0.1, 0.15) is 11.1 Å². The number of hydrogen-bond acceptors (Lipinski definition) is 7. The van der Waals surface area contributed by atoms with Crippen LogP contribution >= 0.6 is 46.3 Å². The van der Waals surface area contributed by atoms with Crippen molar-refractivity contribution in [3.05, 3.63) is 87.7 Å². The quantitative estimate of drug-likeness (QED) is 0.257. The summed E-state index contributed by atoms with van der Waals surface area (Å²) in [7, 11) is -2.47. The number of carbonyl (C=O) groups is 1. The highest BCUT2D eigenvalue weighted by Gasteiger charge is 2.35. The molecule has 0 bridgehead atoms. The summed E-state index contributed by atoms with van der Waals surface area (Å²) in [5.41, 5.74) is 3.02. The van der Waals surface area contributed by atoms with Crippen LogP contribution in [0.4, 0.5) is 10.8 Å². The predicted octanol–water partition coefficient (Wildman–Crippen LogP) is 6.70. The Morgan fingerprint density at radius 2 is 1.81 bits per heavy atom. The van der Waals surface area contributed by atoms with Crippen LogP contribution in [0.5, 0.6) is 5.75 Å². The van der Waals surface area contributed by atoms with Crippen LogP contribution in [-0.4, -0.2) is 32.2 Å². The Labute approximate surface area is 232 Å². The molecular weight excluding hydrogens is 573 g/mol. The monoisotopic (exact) mass is 591 g/mol. The standard InChI is InChI=1S/C25H19Cl2N3O4S3/c1-34-22-12-17(10-11-20(22)27)37(32,33)29-25-28-21(13-36-25)15-6-8-16(9-7-15)30-23(31)14-35-24(30)18-4-2-3-5-19(18)26/h2-13,24H,14H2,1H3,(H,28,29). The van der Waals surface area contributed by atoms with E-state index in [2.05, 4.69) is 9.71 Å². The Morgan fingerprint density at radius 1 is 1.05 bits per heavy atom. The number of nitrogens with one attached hydrogen (secondary N) is 1. The van der Waals surface area contributed by atoms with Crippen molar-refractivity contribution in [1.29, 1.82) is 0 Å². The van der Waals surface area contributed by atoms with E-state index >= 15 is 0 Å². The smallest absolute Gasteiger partial charge is 0.263 e. The van der Waals surface area contributed by atoms with E-state index in [4.69, 9.17) is 27.9 Å². The fourth-order valence-electron chi connectivity index (χ4n) is 3.84. The maximum Gasteiger partial charge on any atom is 0.263 e. The predicted molar refractivity (Wildman–Crippen MR) is 150 cm³/mol. The number of nitrogens with zero attached hydrogens (tertiary/aromatic N) is 2. The molecule has 1 unspecified atom stereocenters. The molecule has 0 saturated carbocycles. The Morgan fingerprint density at radius 3 is 2.54 bits per heavy atom. The molecule has 37 heavy (non-hydrogen) atoms. The number of anilines is 2. The molecule has 0 spiro atoms. The Kier molecular flexibility index (Phi) is 7.37. The zero-order valence-corrected chi connectivity index (χ0v) is 23.2. The van der Waals surface area contributed by atoms with Crippen LogP contribution in [0.25, 0.3) is 11.3 Å². The number of benzene rings is 3. The van der Waals surface area contributed by atoms with Gasteiger partial charge in [0.2, 0.25) is 5.91 Å². The van der Waals surface area contributed by atoms with Crippen molar-refractivity contribution in [1.82, 2.24) is 4.98 Å². The lowest BCUT2D eigenvalue weighted by molar-refractivity contribution is -0.115. The summed E-state index contributed by atoms with van der Waals surface area (Å²) in [5.74, 6) is 0.634. The summed E-state index contributed by atoms with van der Waals surface area (Å²) >= 11 is 15.1. The second-order valence-electron chi connectivity index (χ2n) is 7.94. The second kappa shape index (κ2) is 10.5. The van der Waals surface area contributed by atoms with Crippen LogP contribution < -0.4 is 14.4 Å². The van der Waals surface area contributed by atoms with Gasteiger partial charge < -0.3 is 4.74 Å². The molecule has 0 radical (unpaired) electrons. The first-order chi connectivity index (χ1) is 17.8. The largest absolute Gasteiger partial charge is 0.495 e. The van der Waals surface area contributed by atoms with E-state index in [0.29, 0.717) is 21.5 Å². The second-order valence-corrected chi connectivity index (χ2v) is 12.4. The molecule has 5 rings (SSSR count). The van der Waals surface area contributed by atoms with Gasteiger partial charge >= 0.3 is 0 Å². The Hall–Kier alpha value is -2.76. The van der Waals surface area contributed by atoms with Gasteiger partial charge in [0, 0.05) is 33.3 Å². The van der Waals surface area contributed by atoms with E-state index in [-0.39, 0.29) is 27.1 Å². The van der Waals surface area contributed by atoms with Crippen molar-refractivity contribution in [3.63, 3.8) is 0 Å². The van der Waals surface area contributed by atoms with Crippen LogP contribution in [0.3, 0.4) is 0 Å². The summed E-state index contributed by atoms with van der Waals surface area (Å²) < 4.78 is 33.3. The highest BCUT2D eigenvalue weighted by atomic mass is 35.5. The minimum Gasteiger partial charge on any atom is -0.495 e. The van der Waals surface area contributed by atoms with E-state index in [1.54, 1.807) is 10.3 Å². The Bertz CT molecular complexity index is 1580. The maximum atomic E-state index is 12.8. The number of rotatable bonds is 7. The highest BCUT2D eigenvalue weighted by molar-refractivity contribution is 8.00. The van der Waals surface area contributed by atoms with Gasteiger partial charge in [-0.25, -0.2) is 13.4 Å². The number of thioether (sulfide) groups is 1. The molecule has 4 aromatic rings. The third-order valence-corrected chi connectivity index (χ3v) is 9.71. The Balaban J connectivity index is 1.35. The van der Waals surface area contributed by atoms with Crippen molar-refractivity contribution < 1.29 is 17.9 Å². The van der Waals surface area contributed by atoms with Gasteiger partial charge in [-0.15, -0.1) is 23.1 Å². The lowest BCUT2D eigenvalue weighted by Crippen LogP contribution is -2.27. The number of halogens is 2. The number of carbonyl (C=O) groups excluding carboxylic acids is 1. The molecule has 12 heteroatoms. The summed E-state index contributed by atoms with van der Waals surface area (Å²) in [5, 5.41) is 2.70. The van der Waals surface area contributed by atoms with Gasteiger partial charge in [-0.1, -0.05) is 53.5 Å². The first kappa shape index (κ1) is 25.9. The number of amides is 1. The van der Waals surface area contributed by atoms with Gasteiger partial charge in [-0.2, -0.15) is 0 Å². The summed E-state index contributed by atoms with van der Waals surface area (Å²) in [6.45, 7) is 0. The lowest BCUT2D eigenvalue weighted by atomic mass is 10.1. The molecule has 3 aromatic carbocycles. The van der Waals surface area contributed by atoms with Crippen LogP contribution in [0.15, 0.2) is 77.0 Å². The zero-order chi connectivity index (χ0) is 26.2. The van der Waals surface area contributed by atoms with Gasteiger partial charge in [0.25, 0.3) is 10.0 Å². The topological polar surface area (TPSA) is 88.6 Å². The van der Waals surface area contributed by atoms with Gasteiger partial charge in [0.05, 0.1) is 28.5 Å². The van der Waals surface area contributed by atoms with Crippen molar-refractivity contribution in [2.75, 3.05) is 22.5 Å². The molecule has 1 aliphatic heterocycles. The average molecular weight is 593 g/mol. The van der Waals surface area contributed by atoms with E-state index < -0.39 is 10.0 Å². The van der Waals surface area contributed by atoms with Crippen LogP contribution in [-0.2, 0) is 14.8 Å². The summed E-state index contributed by atoms with van der Waals surface area (Å²) in [6.07, 6.45) is 0. The number of aromatic nitrogens is 1. The fourth-order valence-corrected chi connectivity index (χ4v) is 7.53.